The lowest BCUT2D eigenvalue weighted by Crippen LogP contribution is -2.18. The molecule has 0 radical (unpaired) electrons. The van der Waals surface area contributed by atoms with Crippen molar-refractivity contribution in [3.8, 4) is 0 Å². The molecule has 2 rings (SSSR count). The molecule has 2 aromatic rings. The number of hydrogen-bond acceptors (Lipinski definition) is 4. The molecule has 0 unspecified atom stereocenters. The van der Waals surface area contributed by atoms with E-state index in [0.29, 0.717) is 0 Å². The summed E-state index contributed by atoms with van der Waals surface area (Å²) in [6.45, 7) is 4.85. The lowest BCUT2D eigenvalue weighted by molar-refractivity contribution is 0.315. The number of aromatic nitrogens is 2. The molecule has 0 atom stereocenters. The minimum Gasteiger partial charge on any atom is -0.370 e. The van der Waals surface area contributed by atoms with E-state index < -0.39 is 0 Å². The topological polar surface area (TPSA) is 41.0 Å². The Kier molecular flexibility index (Phi) is 5.50. The minimum atomic E-state index is 0.848. The van der Waals surface area contributed by atoms with E-state index >= 15 is 0 Å². The first-order valence-electron chi connectivity index (χ1n) is 7.05. The van der Waals surface area contributed by atoms with Crippen molar-refractivity contribution in [1.82, 2.24) is 14.9 Å². The molecule has 0 aliphatic heterocycles. The van der Waals surface area contributed by atoms with E-state index in [1.807, 2.05) is 24.5 Å². The summed E-state index contributed by atoms with van der Waals surface area (Å²) >= 11 is 0. The van der Waals surface area contributed by atoms with Crippen LogP contribution in [0.2, 0.25) is 0 Å². The molecule has 0 bridgehead atoms. The number of hydrogen-bond donors (Lipinski definition) is 1. The zero-order valence-corrected chi connectivity index (χ0v) is 12.2. The summed E-state index contributed by atoms with van der Waals surface area (Å²) in [5, 5.41) is 3.32. The Morgan fingerprint density at radius 3 is 2.75 bits per heavy atom. The summed E-state index contributed by atoms with van der Waals surface area (Å²) in [7, 11) is 2.11. The van der Waals surface area contributed by atoms with Crippen molar-refractivity contribution in [2.45, 2.75) is 26.4 Å². The maximum atomic E-state index is 4.35. The van der Waals surface area contributed by atoms with Crippen molar-refractivity contribution < 1.29 is 0 Å². The Balaban J connectivity index is 1.92. The van der Waals surface area contributed by atoms with Gasteiger partial charge >= 0.3 is 0 Å². The number of pyridine rings is 2. The first-order chi connectivity index (χ1) is 9.78. The van der Waals surface area contributed by atoms with Crippen molar-refractivity contribution in [1.29, 1.82) is 0 Å². The van der Waals surface area contributed by atoms with Gasteiger partial charge in [-0.15, -0.1) is 0 Å². The number of anilines is 1. The smallest absolute Gasteiger partial charge is 0.126 e. The maximum Gasteiger partial charge on any atom is 0.126 e. The average Bonchev–Trinajstić information content (AvgIpc) is 2.46. The maximum absolute atomic E-state index is 4.35. The summed E-state index contributed by atoms with van der Waals surface area (Å²) < 4.78 is 0. The van der Waals surface area contributed by atoms with Gasteiger partial charge in [-0.3, -0.25) is 9.88 Å². The summed E-state index contributed by atoms with van der Waals surface area (Å²) in [5.74, 6) is 0.954. The van der Waals surface area contributed by atoms with Crippen LogP contribution in [0.15, 0.2) is 42.7 Å². The zero-order valence-electron chi connectivity index (χ0n) is 12.2. The van der Waals surface area contributed by atoms with E-state index in [-0.39, 0.29) is 0 Å². The number of nitrogens with zero attached hydrogens (tertiary/aromatic N) is 3. The summed E-state index contributed by atoms with van der Waals surface area (Å²) in [4.78, 5) is 10.9. The molecule has 0 saturated heterocycles. The Morgan fingerprint density at radius 1 is 1.10 bits per heavy atom. The molecule has 0 aliphatic rings. The van der Waals surface area contributed by atoms with Gasteiger partial charge in [0.25, 0.3) is 0 Å². The summed E-state index contributed by atoms with van der Waals surface area (Å²) in [6, 6.07) is 10.2. The summed E-state index contributed by atoms with van der Waals surface area (Å²) in [5.41, 5.74) is 2.35. The first-order valence-corrected chi connectivity index (χ1v) is 7.05. The van der Waals surface area contributed by atoms with Crippen molar-refractivity contribution in [2.24, 2.45) is 0 Å². The second kappa shape index (κ2) is 7.60. The standard InChI is InChI=1S/C16H22N4/c1-3-8-18-16-11-14(7-10-19-16)12-20(2)13-15-6-4-5-9-17-15/h4-7,9-11H,3,8,12-13H2,1-2H3,(H,18,19). The molecule has 0 fully saturated rings. The van der Waals surface area contributed by atoms with E-state index in [2.05, 4.69) is 52.4 Å². The molecule has 2 heterocycles. The highest BCUT2D eigenvalue weighted by molar-refractivity contribution is 5.37. The monoisotopic (exact) mass is 270 g/mol. The van der Waals surface area contributed by atoms with E-state index in [4.69, 9.17) is 0 Å². The van der Waals surface area contributed by atoms with Crippen molar-refractivity contribution >= 4 is 5.82 Å². The fraction of sp³-hybridized carbons (Fsp3) is 0.375. The van der Waals surface area contributed by atoms with E-state index in [1.165, 1.54) is 5.56 Å². The molecule has 0 saturated carbocycles. The average molecular weight is 270 g/mol. The molecule has 0 amide bonds. The molecule has 0 spiro atoms. The van der Waals surface area contributed by atoms with Crippen LogP contribution >= 0.6 is 0 Å². The largest absolute Gasteiger partial charge is 0.370 e. The second-order valence-electron chi connectivity index (χ2n) is 4.97. The van der Waals surface area contributed by atoms with Gasteiger partial charge in [-0.2, -0.15) is 0 Å². The highest BCUT2D eigenvalue weighted by Crippen LogP contribution is 2.10. The van der Waals surface area contributed by atoms with E-state index in [9.17, 15) is 0 Å². The van der Waals surface area contributed by atoms with Crippen LogP contribution in [0, 0.1) is 0 Å². The van der Waals surface area contributed by atoms with E-state index in [1.54, 1.807) is 0 Å². The second-order valence-corrected chi connectivity index (χ2v) is 4.97. The number of nitrogens with one attached hydrogen (secondary N) is 1. The lowest BCUT2D eigenvalue weighted by Gasteiger charge is -2.16. The molecule has 2 aromatic heterocycles. The van der Waals surface area contributed by atoms with Gasteiger partial charge in [-0.1, -0.05) is 13.0 Å². The fourth-order valence-corrected chi connectivity index (χ4v) is 2.06. The highest BCUT2D eigenvalue weighted by Gasteiger charge is 2.03. The van der Waals surface area contributed by atoms with Crippen LogP contribution in [-0.4, -0.2) is 28.5 Å². The Morgan fingerprint density at radius 2 is 2.00 bits per heavy atom. The van der Waals surface area contributed by atoms with Gasteiger partial charge in [-0.05, 0) is 43.3 Å². The third kappa shape index (κ3) is 4.63. The van der Waals surface area contributed by atoms with Crippen LogP contribution in [0.25, 0.3) is 0 Å². The third-order valence-corrected chi connectivity index (χ3v) is 2.99. The third-order valence-electron chi connectivity index (χ3n) is 2.99. The molecular weight excluding hydrogens is 248 g/mol. The summed E-state index contributed by atoms with van der Waals surface area (Å²) in [6.07, 6.45) is 4.80. The molecule has 0 aliphatic carbocycles. The van der Waals surface area contributed by atoms with Crippen molar-refractivity contribution in [3.63, 3.8) is 0 Å². The van der Waals surface area contributed by atoms with Gasteiger partial charge in [0.05, 0.1) is 5.69 Å². The van der Waals surface area contributed by atoms with E-state index in [0.717, 1.165) is 37.6 Å². The molecule has 20 heavy (non-hydrogen) atoms. The van der Waals surface area contributed by atoms with Gasteiger partial charge < -0.3 is 5.32 Å². The molecule has 106 valence electrons. The van der Waals surface area contributed by atoms with Crippen LogP contribution < -0.4 is 5.32 Å². The molecule has 1 N–H and O–H groups in total. The predicted molar refractivity (Wildman–Crippen MR) is 82.4 cm³/mol. The van der Waals surface area contributed by atoms with Gasteiger partial charge in [0, 0.05) is 32.0 Å². The SMILES string of the molecule is CCCNc1cc(CN(C)Cc2ccccn2)ccn1. The zero-order chi connectivity index (χ0) is 14.2. The Labute approximate surface area is 120 Å². The molecule has 4 heteroatoms. The molecule has 4 nitrogen and oxygen atoms in total. The molecular formula is C16H22N4. The van der Waals surface area contributed by atoms with Crippen LogP contribution in [0.4, 0.5) is 5.82 Å². The van der Waals surface area contributed by atoms with Crippen molar-refractivity contribution in [3.05, 3.63) is 54.0 Å². The molecule has 0 aromatic carbocycles. The van der Waals surface area contributed by atoms with Crippen LogP contribution in [-0.2, 0) is 13.1 Å². The van der Waals surface area contributed by atoms with Crippen molar-refractivity contribution in [2.75, 3.05) is 18.9 Å². The Hall–Kier alpha value is -1.94. The normalized spacial score (nSPS) is 10.8. The van der Waals surface area contributed by atoms with Gasteiger partial charge in [0.15, 0.2) is 0 Å². The lowest BCUT2D eigenvalue weighted by atomic mass is 10.2. The van der Waals surface area contributed by atoms with Crippen LogP contribution in [0.5, 0.6) is 0 Å². The fourth-order valence-electron chi connectivity index (χ4n) is 2.06. The highest BCUT2D eigenvalue weighted by atomic mass is 15.1. The Bertz CT molecular complexity index is 513. The first kappa shape index (κ1) is 14.5. The quantitative estimate of drug-likeness (QED) is 0.840. The van der Waals surface area contributed by atoms with Gasteiger partial charge in [0.1, 0.15) is 5.82 Å². The predicted octanol–water partition coefficient (Wildman–Crippen LogP) is 2.93. The van der Waals surface area contributed by atoms with Crippen LogP contribution in [0.1, 0.15) is 24.6 Å². The minimum absolute atomic E-state index is 0.848. The van der Waals surface area contributed by atoms with Gasteiger partial charge in [0.2, 0.25) is 0 Å². The number of rotatable bonds is 7. The van der Waals surface area contributed by atoms with Crippen LogP contribution in [0.3, 0.4) is 0 Å². The van der Waals surface area contributed by atoms with Gasteiger partial charge in [-0.25, -0.2) is 4.98 Å².